The molecule has 1 heterocycles. The van der Waals surface area contributed by atoms with Gasteiger partial charge in [0, 0.05) is 23.9 Å². The third-order valence-corrected chi connectivity index (χ3v) is 3.19. The van der Waals surface area contributed by atoms with E-state index in [0.717, 1.165) is 11.1 Å². The maximum absolute atomic E-state index is 11.0. The Morgan fingerprint density at radius 3 is 2.52 bits per heavy atom. The molecule has 0 radical (unpaired) electrons. The summed E-state index contributed by atoms with van der Waals surface area (Å²) in [5.74, 6) is 0.800. The average molecular weight is 287 g/mol. The van der Waals surface area contributed by atoms with Crippen LogP contribution in [0.25, 0.3) is 0 Å². The topological polar surface area (TPSA) is 91.3 Å². The Balaban J connectivity index is 2.30. The van der Waals surface area contributed by atoms with Crippen LogP contribution in [0.4, 0.5) is 5.69 Å². The van der Waals surface area contributed by atoms with E-state index in [1.807, 2.05) is 19.9 Å². The van der Waals surface area contributed by atoms with Gasteiger partial charge in [-0.2, -0.15) is 0 Å². The summed E-state index contributed by atoms with van der Waals surface area (Å²) in [7, 11) is 0. The number of benzene rings is 1. The lowest BCUT2D eigenvalue weighted by molar-refractivity contribution is -0.385. The number of nitrogens with two attached hydrogens (primary N) is 1. The van der Waals surface area contributed by atoms with Crippen molar-refractivity contribution in [3.8, 4) is 11.6 Å². The molecule has 110 valence electrons. The molecule has 1 atom stereocenters. The van der Waals surface area contributed by atoms with E-state index in [1.165, 1.54) is 6.07 Å². The quantitative estimate of drug-likeness (QED) is 0.687. The van der Waals surface area contributed by atoms with Gasteiger partial charge in [-0.05, 0) is 38.0 Å². The molecule has 2 aromatic rings. The van der Waals surface area contributed by atoms with Gasteiger partial charge < -0.3 is 10.5 Å². The predicted octanol–water partition coefficient (Wildman–Crippen LogP) is 3.42. The second kappa shape index (κ2) is 5.88. The summed E-state index contributed by atoms with van der Waals surface area (Å²) < 4.78 is 5.63. The van der Waals surface area contributed by atoms with Crippen LogP contribution in [-0.4, -0.2) is 9.91 Å². The van der Waals surface area contributed by atoms with Crippen LogP contribution in [-0.2, 0) is 0 Å². The van der Waals surface area contributed by atoms with Crippen LogP contribution in [0.3, 0.4) is 0 Å². The van der Waals surface area contributed by atoms with Crippen molar-refractivity contribution >= 4 is 5.69 Å². The van der Waals surface area contributed by atoms with Gasteiger partial charge in [-0.25, -0.2) is 4.98 Å². The Bertz CT molecular complexity index is 667. The van der Waals surface area contributed by atoms with Gasteiger partial charge in [0.25, 0.3) is 5.69 Å². The minimum atomic E-state index is -0.422. The third kappa shape index (κ3) is 3.35. The van der Waals surface area contributed by atoms with Gasteiger partial charge in [-0.3, -0.25) is 10.1 Å². The van der Waals surface area contributed by atoms with Crippen molar-refractivity contribution in [3.63, 3.8) is 0 Å². The average Bonchev–Trinajstić information content (AvgIpc) is 2.42. The van der Waals surface area contributed by atoms with Gasteiger partial charge in [0.2, 0.25) is 5.88 Å². The molecule has 2 rings (SSSR count). The lowest BCUT2D eigenvalue weighted by Crippen LogP contribution is -2.05. The zero-order valence-corrected chi connectivity index (χ0v) is 12.2. The van der Waals surface area contributed by atoms with E-state index in [2.05, 4.69) is 4.98 Å². The van der Waals surface area contributed by atoms with E-state index >= 15 is 0 Å². The molecule has 0 saturated carbocycles. The van der Waals surface area contributed by atoms with Crippen molar-refractivity contribution in [1.82, 2.24) is 4.98 Å². The smallest absolute Gasteiger partial charge is 0.276 e. The zero-order chi connectivity index (χ0) is 15.6. The largest absolute Gasteiger partial charge is 0.439 e. The van der Waals surface area contributed by atoms with Gasteiger partial charge in [0.05, 0.1) is 11.0 Å². The molecule has 0 saturated heterocycles. The first-order valence-corrected chi connectivity index (χ1v) is 6.53. The van der Waals surface area contributed by atoms with E-state index in [9.17, 15) is 10.1 Å². The number of aryl methyl sites for hydroxylation is 2. The summed E-state index contributed by atoms with van der Waals surface area (Å²) in [5, 5.41) is 11.0. The molecule has 0 aliphatic heterocycles. The number of hydrogen-bond acceptors (Lipinski definition) is 5. The lowest BCUT2D eigenvalue weighted by Gasteiger charge is -2.10. The third-order valence-electron chi connectivity index (χ3n) is 3.19. The molecular formula is C15H17N3O3. The van der Waals surface area contributed by atoms with Crippen LogP contribution in [0.1, 0.15) is 29.7 Å². The van der Waals surface area contributed by atoms with Crippen molar-refractivity contribution in [2.75, 3.05) is 0 Å². The highest BCUT2D eigenvalue weighted by atomic mass is 16.6. The number of nitro groups is 1. The lowest BCUT2D eigenvalue weighted by atomic mass is 10.1. The maximum Gasteiger partial charge on any atom is 0.276 e. The van der Waals surface area contributed by atoms with Crippen molar-refractivity contribution in [1.29, 1.82) is 0 Å². The monoisotopic (exact) mass is 287 g/mol. The van der Waals surface area contributed by atoms with Gasteiger partial charge in [0.1, 0.15) is 5.75 Å². The van der Waals surface area contributed by atoms with E-state index in [4.69, 9.17) is 10.5 Å². The summed E-state index contributed by atoms with van der Waals surface area (Å²) in [5.41, 5.74) is 8.10. The fourth-order valence-corrected chi connectivity index (χ4v) is 1.96. The number of hydrogen-bond donors (Lipinski definition) is 1. The highest BCUT2D eigenvalue weighted by Crippen LogP contribution is 2.31. The van der Waals surface area contributed by atoms with Gasteiger partial charge in [-0.15, -0.1) is 0 Å². The Kier molecular flexibility index (Phi) is 4.18. The van der Waals surface area contributed by atoms with E-state index in [1.54, 1.807) is 25.3 Å². The molecule has 0 aliphatic carbocycles. The highest BCUT2D eigenvalue weighted by molar-refractivity contribution is 5.50. The van der Waals surface area contributed by atoms with Crippen LogP contribution >= 0.6 is 0 Å². The summed E-state index contributed by atoms with van der Waals surface area (Å²) in [6.07, 6.45) is 1.64. The van der Waals surface area contributed by atoms with Crippen molar-refractivity contribution < 1.29 is 9.66 Å². The summed E-state index contributed by atoms with van der Waals surface area (Å²) in [6, 6.07) is 6.57. The van der Waals surface area contributed by atoms with Crippen molar-refractivity contribution in [2.24, 2.45) is 5.73 Å². The first-order valence-electron chi connectivity index (χ1n) is 6.53. The summed E-state index contributed by atoms with van der Waals surface area (Å²) >= 11 is 0. The molecule has 1 aromatic heterocycles. The van der Waals surface area contributed by atoms with Crippen LogP contribution in [0, 0.1) is 24.0 Å². The summed E-state index contributed by atoms with van der Waals surface area (Å²) in [6.45, 7) is 5.40. The second-order valence-corrected chi connectivity index (χ2v) is 4.98. The molecule has 0 spiro atoms. The van der Waals surface area contributed by atoms with Gasteiger partial charge in [-0.1, -0.05) is 6.07 Å². The molecular weight excluding hydrogens is 270 g/mol. The molecule has 0 amide bonds. The molecule has 0 fully saturated rings. The Labute approximate surface area is 122 Å². The van der Waals surface area contributed by atoms with Gasteiger partial charge >= 0.3 is 0 Å². The first kappa shape index (κ1) is 14.9. The maximum atomic E-state index is 11.0. The van der Waals surface area contributed by atoms with E-state index in [-0.39, 0.29) is 11.7 Å². The minimum Gasteiger partial charge on any atom is -0.439 e. The van der Waals surface area contributed by atoms with Crippen LogP contribution in [0.15, 0.2) is 30.5 Å². The van der Waals surface area contributed by atoms with Crippen molar-refractivity contribution in [3.05, 3.63) is 57.3 Å². The second-order valence-electron chi connectivity index (χ2n) is 4.98. The van der Waals surface area contributed by atoms with E-state index in [0.29, 0.717) is 17.2 Å². The van der Waals surface area contributed by atoms with Crippen molar-refractivity contribution in [2.45, 2.75) is 26.8 Å². The molecule has 0 aliphatic rings. The highest BCUT2D eigenvalue weighted by Gasteiger charge is 2.15. The SMILES string of the molecule is Cc1cc(C)c([N+](=O)[O-])cc1Oc1ccc([C@@H](C)N)cn1. The number of ether oxygens (including phenoxy) is 1. The molecule has 6 nitrogen and oxygen atoms in total. The number of pyridine rings is 1. The fourth-order valence-electron chi connectivity index (χ4n) is 1.96. The summed E-state index contributed by atoms with van der Waals surface area (Å²) in [4.78, 5) is 14.7. The van der Waals surface area contributed by atoms with Gasteiger partial charge in [0.15, 0.2) is 0 Å². The molecule has 0 unspecified atom stereocenters. The number of rotatable bonds is 4. The van der Waals surface area contributed by atoms with Crippen LogP contribution < -0.4 is 10.5 Å². The number of nitrogens with zero attached hydrogens (tertiary/aromatic N) is 2. The van der Waals surface area contributed by atoms with E-state index < -0.39 is 4.92 Å². The molecule has 2 N–H and O–H groups in total. The minimum absolute atomic E-state index is 0.0304. The molecule has 21 heavy (non-hydrogen) atoms. The first-order chi connectivity index (χ1) is 9.88. The molecule has 6 heteroatoms. The standard InChI is InChI=1S/C15H17N3O3/c1-9-6-10(2)14(7-13(9)18(19)20)21-15-5-4-12(8-17-15)11(3)16/h4-8,11H,16H2,1-3H3/t11-/m1/s1. The number of nitro benzene ring substituents is 1. The predicted molar refractivity (Wildman–Crippen MR) is 79.5 cm³/mol. The Hall–Kier alpha value is -2.47. The number of aromatic nitrogens is 1. The Morgan fingerprint density at radius 2 is 2.00 bits per heavy atom. The normalized spacial score (nSPS) is 12.0. The Morgan fingerprint density at radius 1 is 1.29 bits per heavy atom. The fraction of sp³-hybridized carbons (Fsp3) is 0.267. The molecule has 1 aromatic carbocycles. The molecule has 0 bridgehead atoms. The van der Waals surface area contributed by atoms with Crippen LogP contribution in [0.2, 0.25) is 0 Å². The zero-order valence-electron chi connectivity index (χ0n) is 12.2. The van der Waals surface area contributed by atoms with Crippen LogP contribution in [0.5, 0.6) is 11.6 Å².